The second kappa shape index (κ2) is 3.90. The van der Waals surface area contributed by atoms with E-state index in [-0.39, 0.29) is 0 Å². The minimum Gasteiger partial charge on any atom is -0.354 e. The van der Waals surface area contributed by atoms with Gasteiger partial charge in [-0.05, 0) is 25.8 Å². The van der Waals surface area contributed by atoms with E-state index in [0.717, 1.165) is 24.6 Å². The summed E-state index contributed by atoms with van der Waals surface area (Å²) in [6.07, 6.45) is 2.60. The Morgan fingerprint density at radius 3 is 3.14 bits per heavy atom. The summed E-state index contributed by atoms with van der Waals surface area (Å²) in [5.74, 6) is 1.59. The molecule has 1 fully saturated rings. The first-order valence-corrected chi connectivity index (χ1v) is 4.94. The van der Waals surface area contributed by atoms with Crippen LogP contribution in [0.5, 0.6) is 0 Å². The van der Waals surface area contributed by atoms with Gasteiger partial charge in [0.2, 0.25) is 0 Å². The Labute approximate surface area is 83.0 Å². The van der Waals surface area contributed by atoms with Gasteiger partial charge >= 0.3 is 0 Å². The van der Waals surface area contributed by atoms with Crippen molar-refractivity contribution >= 4 is 5.82 Å². The van der Waals surface area contributed by atoms with Crippen LogP contribution in [0.15, 0.2) is 12.3 Å². The number of rotatable bonds is 1. The molecule has 0 amide bonds. The molecule has 1 unspecified atom stereocenters. The van der Waals surface area contributed by atoms with Crippen molar-refractivity contribution in [3.05, 3.63) is 18.1 Å². The van der Waals surface area contributed by atoms with Crippen LogP contribution in [-0.4, -0.2) is 29.2 Å². The Balaban J connectivity index is 2.14. The van der Waals surface area contributed by atoms with E-state index in [9.17, 15) is 4.39 Å². The molecule has 2 heterocycles. The van der Waals surface area contributed by atoms with Gasteiger partial charge in [-0.1, -0.05) is 0 Å². The summed E-state index contributed by atoms with van der Waals surface area (Å²) in [5.41, 5.74) is 0. The van der Waals surface area contributed by atoms with Crippen molar-refractivity contribution in [2.75, 3.05) is 18.0 Å². The van der Waals surface area contributed by atoms with Crippen LogP contribution in [0.1, 0.15) is 18.7 Å². The molecule has 0 aromatic carbocycles. The van der Waals surface area contributed by atoms with Crippen LogP contribution in [-0.2, 0) is 0 Å². The molecule has 2 rings (SSSR count). The molecule has 1 aromatic rings. The van der Waals surface area contributed by atoms with Gasteiger partial charge in [0.05, 0.1) is 6.54 Å². The molecule has 0 spiro atoms. The number of nitrogens with zero attached hydrogens (tertiary/aromatic N) is 3. The molecule has 0 saturated carbocycles. The minimum absolute atomic E-state index is 0.469. The topological polar surface area (TPSA) is 29.0 Å². The normalized spacial score (nSPS) is 22.4. The van der Waals surface area contributed by atoms with Gasteiger partial charge in [-0.25, -0.2) is 14.4 Å². The van der Waals surface area contributed by atoms with E-state index in [1.54, 1.807) is 6.20 Å². The van der Waals surface area contributed by atoms with Crippen LogP contribution in [0.2, 0.25) is 0 Å². The summed E-state index contributed by atoms with van der Waals surface area (Å²) >= 11 is 0. The number of aromatic nitrogens is 2. The zero-order chi connectivity index (χ0) is 9.97. The van der Waals surface area contributed by atoms with Crippen LogP contribution in [0.25, 0.3) is 0 Å². The summed E-state index contributed by atoms with van der Waals surface area (Å²) in [6.45, 7) is 3.22. The van der Waals surface area contributed by atoms with Crippen LogP contribution in [0, 0.1) is 6.92 Å². The Morgan fingerprint density at radius 2 is 2.43 bits per heavy atom. The van der Waals surface area contributed by atoms with Crippen molar-refractivity contribution in [3.63, 3.8) is 0 Å². The van der Waals surface area contributed by atoms with E-state index in [1.807, 2.05) is 17.9 Å². The summed E-state index contributed by atoms with van der Waals surface area (Å²) < 4.78 is 13.1. The molecule has 76 valence electrons. The molecule has 0 bridgehead atoms. The number of alkyl halides is 1. The molecule has 1 aliphatic heterocycles. The zero-order valence-corrected chi connectivity index (χ0v) is 8.28. The van der Waals surface area contributed by atoms with Gasteiger partial charge in [0.25, 0.3) is 0 Å². The van der Waals surface area contributed by atoms with E-state index < -0.39 is 6.17 Å². The molecular weight excluding hydrogens is 181 g/mol. The molecule has 1 saturated heterocycles. The summed E-state index contributed by atoms with van der Waals surface area (Å²) in [4.78, 5) is 10.3. The Morgan fingerprint density at radius 1 is 1.57 bits per heavy atom. The number of hydrogen-bond donors (Lipinski definition) is 0. The van der Waals surface area contributed by atoms with E-state index in [1.165, 1.54) is 0 Å². The standard InChI is InChI=1S/C10H14FN3/c1-8-12-5-4-10(13-8)14-6-2-3-9(11)7-14/h4-5,9H,2-3,6-7H2,1H3. The summed E-state index contributed by atoms with van der Waals surface area (Å²) in [5, 5.41) is 0. The summed E-state index contributed by atoms with van der Waals surface area (Å²) in [7, 11) is 0. The van der Waals surface area contributed by atoms with Crippen molar-refractivity contribution in [2.24, 2.45) is 0 Å². The van der Waals surface area contributed by atoms with Crippen molar-refractivity contribution in [2.45, 2.75) is 25.9 Å². The lowest BCUT2D eigenvalue weighted by atomic mass is 10.1. The third kappa shape index (κ3) is 2.00. The number of aryl methyl sites for hydroxylation is 1. The van der Waals surface area contributed by atoms with E-state index in [4.69, 9.17) is 0 Å². The molecule has 14 heavy (non-hydrogen) atoms. The monoisotopic (exact) mass is 195 g/mol. The molecule has 0 radical (unpaired) electrons. The zero-order valence-electron chi connectivity index (χ0n) is 8.28. The highest BCUT2D eigenvalue weighted by Crippen LogP contribution is 2.18. The number of halogens is 1. The predicted octanol–water partition coefficient (Wildman–Crippen LogP) is 1.72. The van der Waals surface area contributed by atoms with E-state index in [0.29, 0.717) is 13.0 Å². The van der Waals surface area contributed by atoms with Crippen molar-refractivity contribution in [1.29, 1.82) is 0 Å². The Bertz CT molecular complexity index is 316. The average Bonchev–Trinajstić information content (AvgIpc) is 2.18. The van der Waals surface area contributed by atoms with Crippen LogP contribution >= 0.6 is 0 Å². The highest BCUT2D eigenvalue weighted by Gasteiger charge is 2.19. The first-order valence-electron chi connectivity index (χ1n) is 4.94. The van der Waals surface area contributed by atoms with Crippen molar-refractivity contribution in [1.82, 2.24) is 9.97 Å². The predicted molar refractivity (Wildman–Crippen MR) is 53.1 cm³/mol. The van der Waals surface area contributed by atoms with Crippen LogP contribution in [0.3, 0.4) is 0 Å². The maximum absolute atomic E-state index is 13.1. The maximum Gasteiger partial charge on any atom is 0.132 e. The van der Waals surface area contributed by atoms with Gasteiger partial charge in [-0.2, -0.15) is 0 Å². The first-order chi connectivity index (χ1) is 6.75. The third-order valence-corrected chi connectivity index (χ3v) is 2.45. The molecule has 1 aromatic heterocycles. The van der Waals surface area contributed by atoms with Crippen LogP contribution in [0.4, 0.5) is 10.2 Å². The second-order valence-corrected chi connectivity index (χ2v) is 3.65. The van der Waals surface area contributed by atoms with Crippen LogP contribution < -0.4 is 4.90 Å². The lowest BCUT2D eigenvalue weighted by Crippen LogP contribution is -2.36. The maximum atomic E-state index is 13.1. The molecule has 1 atom stereocenters. The molecule has 0 N–H and O–H groups in total. The Hall–Kier alpha value is -1.19. The largest absolute Gasteiger partial charge is 0.354 e. The van der Waals surface area contributed by atoms with Crippen molar-refractivity contribution < 1.29 is 4.39 Å². The number of anilines is 1. The summed E-state index contributed by atoms with van der Waals surface area (Å²) in [6, 6.07) is 1.84. The molecular formula is C10H14FN3. The van der Waals surface area contributed by atoms with E-state index >= 15 is 0 Å². The highest BCUT2D eigenvalue weighted by atomic mass is 19.1. The SMILES string of the molecule is Cc1nccc(N2CCCC(F)C2)n1. The third-order valence-electron chi connectivity index (χ3n) is 2.45. The second-order valence-electron chi connectivity index (χ2n) is 3.65. The molecule has 0 aliphatic carbocycles. The average molecular weight is 195 g/mol. The first kappa shape index (κ1) is 9.37. The van der Waals surface area contributed by atoms with Crippen molar-refractivity contribution in [3.8, 4) is 0 Å². The lowest BCUT2D eigenvalue weighted by molar-refractivity contribution is 0.286. The van der Waals surface area contributed by atoms with E-state index in [2.05, 4.69) is 9.97 Å². The van der Waals surface area contributed by atoms with Gasteiger partial charge in [0.15, 0.2) is 0 Å². The van der Waals surface area contributed by atoms with Gasteiger partial charge < -0.3 is 4.90 Å². The number of piperidine rings is 1. The smallest absolute Gasteiger partial charge is 0.132 e. The lowest BCUT2D eigenvalue weighted by Gasteiger charge is -2.29. The molecule has 4 heteroatoms. The fourth-order valence-corrected chi connectivity index (χ4v) is 1.75. The quantitative estimate of drug-likeness (QED) is 0.683. The highest BCUT2D eigenvalue weighted by molar-refractivity contribution is 5.38. The van der Waals surface area contributed by atoms with Gasteiger partial charge in [0, 0.05) is 12.7 Å². The number of hydrogen-bond acceptors (Lipinski definition) is 3. The van der Waals surface area contributed by atoms with Gasteiger partial charge in [-0.15, -0.1) is 0 Å². The fourth-order valence-electron chi connectivity index (χ4n) is 1.75. The van der Waals surface area contributed by atoms with Gasteiger partial charge in [0.1, 0.15) is 17.8 Å². The van der Waals surface area contributed by atoms with Gasteiger partial charge in [-0.3, -0.25) is 0 Å². The molecule has 3 nitrogen and oxygen atoms in total. The fraction of sp³-hybridized carbons (Fsp3) is 0.600. The Kier molecular flexibility index (Phi) is 2.61. The minimum atomic E-state index is -0.709. The molecule has 1 aliphatic rings.